The number of aryl methyl sites for hydroxylation is 1. The lowest BCUT2D eigenvalue weighted by atomic mass is 9.63. The average Bonchev–Trinajstić information content (AvgIpc) is 3.58. The zero-order chi connectivity index (χ0) is 22.0. The van der Waals surface area contributed by atoms with E-state index in [0.29, 0.717) is 23.3 Å². The fourth-order valence-electron chi connectivity index (χ4n) is 5.87. The summed E-state index contributed by atoms with van der Waals surface area (Å²) in [4.78, 5) is 39.8. The number of allylic oxidation sites excluding steroid dienone is 2. The van der Waals surface area contributed by atoms with Crippen LogP contribution in [-0.4, -0.2) is 29.2 Å². The maximum absolute atomic E-state index is 13.0. The van der Waals surface area contributed by atoms with Crippen LogP contribution in [0.5, 0.6) is 11.5 Å². The van der Waals surface area contributed by atoms with Crippen molar-refractivity contribution in [2.45, 2.75) is 13.3 Å². The molecule has 2 bridgehead atoms. The summed E-state index contributed by atoms with van der Waals surface area (Å²) in [7, 11) is 0. The number of amides is 3. The first-order valence-corrected chi connectivity index (χ1v) is 11.2. The van der Waals surface area contributed by atoms with E-state index < -0.39 is 0 Å². The monoisotopic (exact) mass is 428 g/mol. The van der Waals surface area contributed by atoms with Gasteiger partial charge in [0.2, 0.25) is 17.7 Å². The van der Waals surface area contributed by atoms with Gasteiger partial charge < -0.3 is 10.1 Å². The second-order valence-corrected chi connectivity index (χ2v) is 9.40. The van der Waals surface area contributed by atoms with Gasteiger partial charge in [0.25, 0.3) is 0 Å². The highest BCUT2D eigenvalue weighted by molar-refractivity contribution is 6.09. The summed E-state index contributed by atoms with van der Waals surface area (Å²) >= 11 is 0. The van der Waals surface area contributed by atoms with E-state index in [-0.39, 0.29) is 47.9 Å². The van der Waals surface area contributed by atoms with E-state index in [0.717, 1.165) is 17.7 Å². The molecule has 162 valence electrons. The molecule has 3 fully saturated rings. The number of carbonyl (C=O) groups is 3. The van der Waals surface area contributed by atoms with Crippen LogP contribution in [0.3, 0.4) is 0 Å². The van der Waals surface area contributed by atoms with Crippen molar-refractivity contribution >= 4 is 23.4 Å². The summed E-state index contributed by atoms with van der Waals surface area (Å²) < 4.78 is 5.81. The normalized spacial score (nSPS) is 31.3. The number of imide groups is 1. The molecule has 7 rings (SSSR count). The van der Waals surface area contributed by atoms with Gasteiger partial charge in [0, 0.05) is 5.69 Å². The molecule has 1 saturated heterocycles. The summed E-state index contributed by atoms with van der Waals surface area (Å²) in [6.45, 7) is 1.78. The van der Waals surface area contributed by atoms with Crippen LogP contribution in [0, 0.1) is 42.4 Å². The standard InChI is InChI=1S/C26H24N2O4/c1-14-2-6-16(7-3-14)32-17-8-4-15(5-9-17)27-22(29)13-28-25(30)23-18-10-11-19(21-12-20(18)21)24(23)26(28)31/h2-11,18-21,23-24H,12-13H2,1H3,(H,27,29)/t18-,19-,20-,21+,23-,24+/m0/s1. The molecule has 2 aromatic carbocycles. The second kappa shape index (κ2) is 7.05. The van der Waals surface area contributed by atoms with Crippen LogP contribution in [0.15, 0.2) is 60.7 Å². The Balaban J connectivity index is 1.09. The van der Waals surface area contributed by atoms with E-state index in [2.05, 4.69) is 17.5 Å². The number of hydrogen-bond acceptors (Lipinski definition) is 4. The minimum absolute atomic E-state index is 0.167. The van der Waals surface area contributed by atoms with Crippen molar-refractivity contribution in [3.8, 4) is 11.5 Å². The topological polar surface area (TPSA) is 75.7 Å². The van der Waals surface area contributed by atoms with Gasteiger partial charge in [-0.1, -0.05) is 29.8 Å². The summed E-state index contributed by atoms with van der Waals surface area (Å²) in [6, 6.07) is 14.8. The van der Waals surface area contributed by atoms with Crippen LogP contribution >= 0.6 is 0 Å². The third-order valence-electron chi connectivity index (χ3n) is 7.45. The van der Waals surface area contributed by atoms with Crippen molar-refractivity contribution in [3.05, 3.63) is 66.2 Å². The molecule has 6 heteroatoms. The molecule has 1 heterocycles. The number of carbonyl (C=O) groups excluding carboxylic acids is 3. The number of anilines is 1. The first-order valence-electron chi connectivity index (χ1n) is 11.2. The zero-order valence-electron chi connectivity index (χ0n) is 17.7. The van der Waals surface area contributed by atoms with Crippen LogP contribution in [0.4, 0.5) is 5.69 Å². The second-order valence-electron chi connectivity index (χ2n) is 9.40. The van der Waals surface area contributed by atoms with Crippen molar-refractivity contribution in [2.75, 3.05) is 11.9 Å². The number of ether oxygens (including phenoxy) is 1. The first kappa shape index (κ1) is 19.3. The molecule has 2 aromatic rings. The fourth-order valence-corrected chi connectivity index (χ4v) is 5.87. The van der Waals surface area contributed by atoms with Crippen molar-refractivity contribution in [2.24, 2.45) is 35.5 Å². The Kier molecular flexibility index (Phi) is 4.25. The molecule has 1 aliphatic heterocycles. The lowest BCUT2D eigenvalue weighted by Crippen LogP contribution is -2.40. The summed E-state index contributed by atoms with van der Waals surface area (Å²) in [5.41, 5.74) is 1.75. The Labute approximate surface area is 186 Å². The van der Waals surface area contributed by atoms with Gasteiger partial charge in [-0.3, -0.25) is 19.3 Å². The number of hydrogen-bond donors (Lipinski definition) is 1. The number of nitrogens with one attached hydrogen (secondary N) is 1. The molecular formula is C26H24N2O4. The molecule has 0 aromatic heterocycles. The maximum Gasteiger partial charge on any atom is 0.244 e. The van der Waals surface area contributed by atoms with E-state index in [1.807, 2.05) is 31.2 Å². The number of likely N-dealkylation sites (tertiary alicyclic amines) is 1. The molecular weight excluding hydrogens is 404 g/mol. The number of benzene rings is 2. The minimum Gasteiger partial charge on any atom is -0.457 e. The molecule has 2 saturated carbocycles. The molecule has 0 spiro atoms. The van der Waals surface area contributed by atoms with E-state index in [1.165, 1.54) is 4.90 Å². The number of nitrogens with zero attached hydrogens (tertiary/aromatic N) is 1. The summed E-state index contributed by atoms with van der Waals surface area (Å²) in [6.07, 6.45) is 5.39. The lowest BCUT2D eigenvalue weighted by molar-refractivity contribution is -0.142. The van der Waals surface area contributed by atoms with Gasteiger partial charge in [-0.2, -0.15) is 0 Å². The Morgan fingerprint density at radius 3 is 2.00 bits per heavy atom. The van der Waals surface area contributed by atoms with Crippen LogP contribution in [0.25, 0.3) is 0 Å². The van der Waals surface area contributed by atoms with Crippen LogP contribution in [0.2, 0.25) is 0 Å². The summed E-state index contributed by atoms with van der Waals surface area (Å²) in [5.74, 6) is 1.56. The largest absolute Gasteiger partial charge is 0.457 e. The van der Waals surface area contributed by atoms with E-state index >= 15 is 0 Å². The third kappa shape index (κ3) is 3.05. The fraction of sp³-hybridized carbons (Fsp3) is 0.346. The van der Waals surface area contributed by atoms with Crippen LogP contribution in [0.1, 0.15) is 12.0 Å². The molecule has 1 N–H and O–H groups in total. The molecule has 6 atom stereocenters. The molecule has 0 unspecified atom stereocenters. The van der Waals surface area contributed by atoms with Gasteiger partial charge in [0.1, 0.15) is 18.0 Å². The van der Waals surface area contributed by atoms with Crippen molar-refractivity contribution in [1.29, 1.82) is 0 Å². The van der Waals surface area contributed by atoms with Crippen LogP contribution < -0.4 is 10.1 Å². The first-order chi connectivity index (χ1) is 15.5. The lowest BCUT2D eigenvalue weighted by Gasteiger charge is -2.37. The highest BCUT2D eigenvalue weighted by Gasteiger charge is 2.67. The van der Waals surface area contributed by atoms with Crippen molar-refractivity contribution < 1.29 is 19.1 Å². The Hall–Kier alpha value is -3.41. The smallest absolute Gasteiger partial charge is 0.244 e. The van der Waals surface area contributed by atoms with Gasteiger partial charge in [-0.25, -0.2) is 0 Å². The molecule has 3 amide bonds. The third-order valence-corrected chi connectivity index (χ3v) is 7.45. The summed E-state index contributed by atoms with van der Waals surface area (Å²) in [5, 5.41) is 2.79. The minimum atomic E-state index is -0.372. The van der Waals surface area contributed by atoms with Crippen molar-refractivity contribution in [3.63, 3.8) is 0 Å². The molecule has 4 aliphatic carbocycles. The average molecular weight is 428 g/mol. The molecule has 32 heavy (non-hydrogen) atoms. The van der Waals surface area contributed by atoms with E-state index in [1.54, 1.807) is 24.3 Å². The quantitative estimate of drug-likeness (QED) is 0.581. The van der Waals surface area contributed by atoms with Gasteiger partial charge in [0.15, 0.2) is 0 Å². The highest BCUT2D eigenvalue weighted by Crippen LogP contribution is 2.65. The molecule has 5 aliphatic rings. The number of rotatable bonds is 5. The van der Waals surface area contributed by atoms with E-state index in [9.17, 15) is 14.4 Å². The van der Waals surface area contributed by atoms with Gasteiger partial charge in [-0.15, -0.1) is 0 Å². The highest BCUT2D eigenvalue weighted by atomic mass is 16.5. The van der Waals surface area contributed by atoms with Gasteiger partial charge in [0.05, 0.1) is 11.8 Å². The van der Waals surface area contributed by atoms with Crippen LogP contribution in [-0.2, 0) is 14.4 Å². The van der Waals surface area contributed by atoms with Crippen molar-refractivity contribution in [1.82, 2.24) is 4.90 Å². The maximum atomic E-state index is 13.0. The Morgan fingerprint density at radius 1 is 0.906 bits per heavy atom. The molecule has 0 radical (unpaired) electrons. The van der Waals surface area contributed by atoms with Gasteiger partial charge in [-0.05, 0) is 73.4 Å². The predicted octanol–water partition coefficient (Wildman–Crippen LogP) is 3.78. The zero-order valence-corrected chi connectivity index (χ0v) is 17.7. The Morgan fingerprint density at radius 2 is 1.44 bits per heavy atom. The molecule has 6 nitrogen and oxygen atoms in total. The van der Waals surface area contributed by atoms with Gasteiger partial charge >= 0.3 is 0 Å². The van der Waals surface area contributed by atoms with E-state index in [4.69, 9.17) is 4.74 Å². The SMILES string of the molecule is Cc1ccc(Oc2ccc(NC(=O)CN3C(=O)[C@@H]4[C@H]5C=C[C@@H]([C@@H]6C[C@H]56)[C@@H]4C3=O)cc2)cc1. The predicted molar refractivity (Wildman–Crippen MR) is 118 cm³/mol. The Bertz CT molecular complexity index is 1100.